The molecule has 0 spiro atoms. The van der Waals surface area contributed by atoms with Gasteiger partial charge in [-0.3, -0.25) is 0 Å². The lowest BCUT2D eigenvalue weighted by Gasteiger charge is -2.09. The van der Waals surface area contributed by atoms with E-state index in [-0.39, 0.29) is 0 Å². The molecular formula is C12H13N3O2. The molecule has 0 bridgehead atoms. The average Bonchev–Trinajstić information content (AvgIpc) is 2.75. The summed E-state index contributed by atoms with van der Waals surface area (Å²) in [5.74, 6) is -0.400. The predicted octanol–water partition coefficient (Wildman–Crippen LogP) is 1.94. The predicted molar refractivity (Wildman–Crippen MR) is 63.7 cm³/mol. The van der Waals surface area contributed by atoms with Crippen molar-refractivity contribution in [3.63, 3.8) is 0 Å². The summed E-state index contributed by atoms with van der Waals surface area (Å²) < 4.78 is 6.59. The molecule has 0 saturated heterocycles. The van der Waals surface area contributed by atoms with Crippen molar-refractivity contribution in [3.8, 4) is 0 Å². The van der Waals surface area contributed by atoms with E-state index in [0.29, 0.717) is 23.4 Å². The number of carbonyl (C=O) groups excluding carboxylic acids is 1. The third-order valence-corrected chi connectivity index (χ3v) is 2.35. The van der Waals surface area contributed by atoms with Gasteiger partial charge in [0.2, 0.25) is 0 Å². The van der Waals surface area contributed by atoms with Crippen LogP contribution in [0.2, 0.25) is 0 Å². The molecule has 0 fully saturated rings. The van der Waals surface area contributed by atoms with Gasteiger partial charge in [-0.05, 0) is 19.4 Å². The van der Waals surface area contributed by atoms with E-state index in [9.17, 15) is 4.79 Å². The molecule has 0 aliphatic rings. The van der Waals surface area contributed by atoms with Crippen molar-refractivity contribution in [1.82, 2.24) is 14.6 Å². The van der Waals surface area contributed by atoms with Gasteiger partial charge in [-0.1, -0.05) is 6.58 Å². The highest BCUT2D eigenvalue weighted by atomic mass is 16.5. The number of ether oxygens (including phenoxy) is 1. The summed E-state index contributed by atoms with van der Waals surface area (Å²) in [5, 5.41) is 4.10. The Balaban J connectivity index is 2.66. The molecule has 5 nitrogen and oxygen atoms in total. The number of aromatic nitrogens is 3. The topological polar surface area (TPSA) is 56.5 Å². The van der Waals surface area contributed by atoms with Crippen molar-refractivity contribution >= 4 is 17.2 Å². The first kappa shape index (κ1) is 11.3. The van der Waals surface area contributed by atoms with E-state index in [4.69, 9.17) is 4.74 Å². The van der Waals surface area contributed by atoms with Crippen molar-refractivity contribution in [2.75, 3.05) is 6.61 Å². The molecule has 0 unspecified atom stereocenters. The molecular weight excluding hydrogens is 218 g/mol. The van der Waals surface area contributed by atoms with Gasteiger partial charge in [0.05, 0.1) is 18.4 Å². The first-order chi connectivity index (χ1) is 8.15. The summed E-state index contributed by atoms with van der Waals surface area (Å²) in [6.45, 7) is 7.79. The number of imidazole rings is 1. The third kappa shape index (κ3) is 1.91. The summed E-state index contributed by atoms with van der Waals surface area (Å²) in [5.41, 5.74) is 2.45. The van der Waals surface area contributed by atoms with Gasteiger partial charge in [-0.25, -0.2) is 14.3 Å². The van der Waals surface area contributed by atoms with Gasteiger partial charge in [0.15, 0.2) is 5.65 Å². The molecule has 2 aromatic heterocycles. The van der Waals surface area contributed by atoms with Crippen molar-refractivity contribution in [3.05, 3.63) is 36.3 Å². The molecule has 0 N–H and O–H groups in total. The van der Waals surface area contributed by atoms with Crippen LogP contribution in [-0.2, 0) is 4.74 Å². The van der Waals surface area contributed by atoms with Gasteiger partial charge in [0.1, 0.15) is 0 Å². The van der Waals surface area contributed by atoms with E-state index in [1.54, 1.807) is 23.8 Å². The Hall–Kier alpha value is -2.17. The molecule has 2 heterocycles. The zero-order valence-electron chi connectivity index (χ0n) is 9.80. The second-order valence-corrected chi connectivity index (χ2v) is 3.63. The minimum Gasteiger partial charge on any atom is -0.462 e. The fourth-order valence-electron chi connectivity index (χ4n) is 1.66. The highest BCUT2D eigenvalue weighted by Gasteiger charge is 2.17. The molecule has 0 aliphatic heterocycles. The molecule has 0 radical (unpaired) electrons. The summed E-state index contributed by atoms with van der Waals surface area (Å²) in [7, 11) is 0. The maximum Gasteiger partial charge on any atom is 0.340 e. The highest BCUT2D eigenvalue weighted by molar-refractivity contribution is 5.97. The van der Waals surface area contributed by atoms with Crippen LogP contribution in [0.4, 0.5) is 0 Å². The number of hydrogen-bond acceptors (Lipinski definition) is 4. The highest BCUT2D eigenvalue weighted by Crippen LogP contribution is 2.21. The number of fused-ring (bicyclic) bond motifs is 1. The largest absolute Gasteiger partial charge is 0.462 e. The quantitative estimate of drug-likeness (QED) is 0.757. The SMILES string of the molecule is C=C(C)c1c(C(=O)OCC)cnn2ccnc12. The maximum atomic E-state index is 11.8. The van der Waals surface area contributed by atoms with Crippen molar-refractivity contribution < 1.29 is 9.53 Å². The molecule has 2 rings (SSSR count). The normalized spacial score (nSPS) is 10.5. The van der Waals surface area contributed by atoms with Crippen LogP contribution in [0, 0.1) is 0 Å². The van der Waals surface area contributed by atoms with Gasteiger partial charge in [-0.15, -0.1) is 0 Å². The number of rotatable bonds is 3. The zero-order chi connectivity index (χ0) is 12.4. The smallest absolute Gasteiger partial charge is 0.340 e. The van der Waals surface area contributed by atoms with Gasteiger partial charge in [0, 0.05) is 18.0 Å². The summed E-state index contributed by atoms with van der Waals surface area (Å²) in [4.78, 5) is 16.0. The van der Waals surface area contributed by atoms with Crippen molar-refractivity contribution in [1.29, 1.82) is 0 Å². The van der Waals surface area contributed by atoms with E-state index in [2.05, 4.69) is 16.7 Å². The fraction of sp³-hybridized carbons (Fsp3) is 0.250. The van der Waals surface area contributed by atoms with E-state index in [0.717, 1.165) is 5.57 Å². The Morgan fingerprint density at radius 2 is 2.35 bits per heavy atom. The number of carbonyl (C=O) groups is 1. The van der Waals surface area contributed by atoms with Crippen LogP contribution >= 0.6 is 0 Å². The maximum absolute atomic E-state index is 11.8. The zero-order valence-corrected chi connectivity index (χ0v) is 9.80. The molecule has 88 valence electrons. The lowest BCUT2D eigenvalue weighted by atomic mass is 10.1. The van der Waals surface area contributed by atoms with Crippen LogP contribution in [0.3, 0.4) is 0 Å². The first-order valence-corrected chi connectivity index (χ1v) is 5.30. The van der Waals surface area contributed by atoms with Crippen LogP contribution < -0.4 is 0 Å². The summed E-state index contributed by atoms with van der Waals surface area (Å²) >= 11 is 0. The molecule has 17 heavy (non-hydrogen) atoms. The Kier molecular flexibility index (Phi) is 2.91. The molecule has 0 amide bonds. The van der Waals surface area contributed by atoms with Gasteiger partial charge in [-0.2, -0.15) is 5.10 Å². The lowest BCUT2D eigenvalue weighted by Crippen LogP contribution is -2.10. The molecule has 0 atom stereocenters. The fourth-order valence-corrected chi connectivity index (χ4v) is 1.66. The van der Waals surface area contributed by atoms with Crippen LogP contribution in [0.15, 0.2) is 25.2 Å². The van der Waals surface area contributed by atoms with Gasteiger partial charge >= 0.3 is 5.97 Å². The Morgan fingerprint density at radius 3 is 3.00 bits per heavy atom. The van der Waals surface area contributed by atoms with E-state index in [1.807, 2.05) is 6.92 Å². The molecule has 0 aromatic carbocycles. The number of allylic oxidation sites excluding steroid dienone is 1. The minimum absolute atomic E-state index is 0.327. The molecule has 2 aromatic rings. The monoisotopic (exact) mass is 231 g/mol. The van der Waals surface area contributed by atoms with Gasteiger partial charge in [0.25, 0.3) is 0 Å². The van der Waals surface area contributed by atoms with Crippen molar-refractivity contribution in [2.45, 2.75) is 13.8 Å². The van der Waals surface area contributed by atoms with Crippen molar-refractivity contribution in [2.24, 2.45) is 0 Å². The molecule has 0 saturated carbocycles. The Labute approximate surface area is 98.7 Å². The second kappa shape index (κ2) is 4.37. The van der Waals surface area contributed by atoms with E-state index >= 15 is 0 Å². The first-order valence-electron chi connectivity index (χ1n) is 5.30. The lowest BCUT2D eigenvalue weighted by molar-refractivity contribution is 0.0525. The van der Waals surface area contributed by atoms with Gasteiger partial charge < -0.3 is 4.74 Å². The average molecular weight is 231 g/mol. The van der Waals surface area contributed by atoms with E-state index in [1.165, 1.54) is 6.20 Å². The Morgan fingerprint density at radius 1 is 1.59 bits per heavy atom. The Bertz CT molecular complexity index is 586. The standard InChI is InChI=1S/C12H13N3O2/c1-4-17-12(16)9-7-14-15-6-5-13-11(15)10(9)8(2)3/h5-7H,2,4H2,1,3H3. The molecule has 0 aliphatic carbocycles. The van der Waals surface area contributed by atoms with Crippen LogP contribution in [0.1, 0.15) is 29.8 Å². The number of nitrogens with zero attached hydrogens (tertiary/aromatic N) is 3. The van der Waals surface area contributed by atoms with E-state index < -0.39 is 5.97 Å². The number of hydrogen-bond donors (Lipinski definition) is 0. The van der Waals surface area contributed by atoms with Crippen LogP contribution in [0.25, 0.3) is 11.2 Å². The third-order valence-electron chi connectivity index (χ3n) is 2.35. The minimum atomic E-state index is -0.400. The van der Waals surface area contributed by atoms with Crippen LogP contribution in [0.5, 0.6) is 0 Å². The second-order valence-electron chi connectivity index (χ2n) is 3.63. The number of esters is 1. The molecule has 5 heteroatoms. The summed E-state index contributed by atoms with van der Waals surface area (Å²) in [6, 6.07) is 0. The van der Waals surface area contributed by atoms with Crippen LogP contribution in [-0.4, -0.2) is 27.2 Å². The summed E-state index contributed by atoms with van der Waals surface area (Å²) in [6.07, 6.45) is 4.83.